The van der Waals surface area contributed by atoms with Gasteiger partial charge in [0.25, 0.3) is 0 Å². The predicted octanol–water partition coefficient (Wildman–Crippen LogP) is 2.64. The second-order valence-corrected chi connectivity index (χ2v) is 5.74. The molecule has 0 spiro atoms. The molecule has 0 aliphatic heterocycles. The van der Waals surface area contributed by atoms with Crippen molar-refractivity contribution in [1.82, 2.24) is 4.90 Å². The van der Waals surface area contributed by atoms with Gasteiger partial charge in [0, 0.05) is 31.8 Å². The van der Waals surface area contributed by atoms with Gasteiger partial charge >= 0.3 is 0 Å². The largest absolute Gasteiger partial charge is 0.383 e. The van der Waals surface area contributed by atoms with Crippen molar-refractivity contribution in [3.63, 3.8) is 0 Å². The standard InChI is InChI=1S/C15H32N2O/c1-5-7-14(16)15(6-2)17(10-11-18-4)12(3)13-8-9-13/h12-15H,5-11,16H2,1-4H3. The maximum atomic E-state index is 6.39. The molecule has 2 N–H and O–H groups in total. The van der Waals surface area contributed by atoms with E-state index in [9.17, 15) is 0 Å². The second-order valence-electron chi connectivity index (χ2n) is 5.74. The zero-order valence-corrected chi connectivity index (χ0v) is 12.7. The predicted molar refractivity (Wildman–Crippen MR) is 77.7 cm³/mol. The average Bonchev–Trinajstić information content (AvgIpc) is 3.18. The first-order chi connectivity index (χ1) is 8.65. The van der Waals surface area contributed by atoms with E-state index in [1.165, 1.54) is 19.3 Å². The molecule has 0 saturated heterocycles. The molecule has 3 atom stereocenters. The summed E-state index contributed by atoms with van der Waals surface area (Å²) in [6.07, 6.45) is 6.23. The summed E-state index contributed by atoms with van der Waals surface area (Å²) in [6, 6.07) is 1.47. The Labute approximate surface area is 113 Å². The SMILES string of the molecule is CCCC(N)C(CC)N(CCOC)C(C)C1CC1. The third-order valence-electron chi connectivity index (χ3n) is 4.34. The molecular weight excluding hydrogens is 224 g/mol. The van der Waals surface area contributed by atoms with E-state index in [1.54, 1.807) is 7.11 Å². The summed E-state index contributed by atoms with van der Waals surface area (Å²) < 4.78 is 5.27. The highest BCUT2D eigenvalue weighted by atomic mass is 16.5. The normalized spacial score (nSPS) is 21.0. The summed E-state index contributed by atoms with van der Waals surface area (Å²) in [5, 5.41) is 0. The molecule has 0 bridgehead atoms. The molecule has 1 aliphatic rings. The number of nitrogens with two attached hydrogens (primary N) is 1. The molecule has 3 unspecified atom stereocenters. The average molecular weight is 256 g/mol. The van der Waals surface area contributed by atoms with E-state index in [1.807, 2.05) is 0 Å². The van der Waals surface area contributed by atoms with Gasteiger partial charge in [-0.2, -0.15) is 0 Å². The molecule has 1 aliphatic carbocycles. The van der Waals surface area contributed by atoms with Gasteiger partial charge < -0.3 is 10.5 Å². The second kappa shape index (κ2) is 8.13. The highest BCUT2D eigenvalue weighted by molar-refractivity contribution is 4.91. The molecule has 0 radical (unpaired) electrons. The van der Waals surface area contributed by atoms with Crippen LogP contribution < -0.4 is 5.73 Å². The molecule has 0 heterocycles. The van der Waals surface area contributed by atoms with Gasteiger partial charge in [-0.05, 0) is 38.5 Å². The molecular formula is C15H32N2O. The minimum Gasteiger partial charge on any atom is -0.383 e. The number of hydrogen-bond acceptors (Lipinski definition) is 3. The summed E-state index contributed by atoms with van der Waals surface area (Å²) in [5.74, 6) is 0.893. The van der Waals surface area contributed by atoms with Gasteiger partial charge in [-0.15, -0.1) is 0 Å². The van der Waals surface area contributed by atoms with Crippen molar-refractivity contribution < 1.29 is 4.74 Å². The summed E-state index contributed by atoms with van der Waals surface area (Å²) in [4.78, 5) is 2.61. The van der Waals surface area contributed by atoms with Crippen LogP contribution in [0.25, 0.3) is 0 Å². The Bertz CT molecular complexity index is 219. The van der Waals surface area contributed by atoms with Crippen molar-refractivity contribution in [2.75, 3.05) is 20.3 Å². The van der Waals surface area contributed by atoms with Crippen molar-refractivity contribution in [1.29, 1.82) is 0 Å². The van der Waals surface area contributed by atoms with Crippen LogP contribution in [0.1, 0.15) is 52.9 Å². The zero-order chi connectivity index (χ0) is 13.5. The van der Waals surface area contributed by atoms with Crippen molar-refractivity contribution >= 4 is 0 Å². The molecule has 3 nitrogen and oxygen atoms in total. The summed E-state index contributed by atoms with van der Waals surface area (Å²) in [5.41, 5.74) is 6.39. The third-order valence-corrected chi connectivity index (χ3v) is 4.34. The highest BCUT2D eigenvalue weighted by Gasteiger charge is 2.35. The zero-order valence-electron chi connectivity index (χ0n) is 12.7. The quantitative estimate of drug-likeness (QED) is 0.653. The summed E-state index contributed by atoms with van der Waals surface area (Å²) in [7, 11) is 1.78. The fraction of sp³-hybridized carbons (Fsp3) is 1.00. The Hall–Kier alpha value is -0.120. The number of ether oxygens (including phenoxy) is 1. The molecule has 18 heavy (non-hydrogen) atoms. The first-order valence-electron chi connectivity index (χ1n) is 7.65. The van der Waals surface area contributed by atoms with Crippen LogP contribution in [0.2, 0.25) is 0 Å². The molecule has 3 heteroatoms. The Morgan fingerprint density at radius 1 is 1.33 bits per heavy atom. The van der Waals surface area contributed by atoms with Crippen molar-refractivity contribution in [2.24, 2.45) is 11.7 Å². The molecule has 108 valence electrons. The fourth-order valence-electron chi connectivity index (χ4n) is 3.03. The van der Waals surface area contributed by atoms with Crippen LogP contribution in [0.3, 0.4) is 0 Å². The lowest BCUT2D eigenvalue weighted by Crippen LogP contribution is -2.52. The van der Waals surface area contributed by atoms with E-state index in [0.717, 1.165) is 31.9 Å². The first kappa shape index (κ1) is 15.9. The summed E-state index contributed by atoms with van der Waals surface area (Å²) in [6.45, 7) is 8.68. The van der Waals surface area contributed by atoms with Crippen LogP contribution in [0, 0.1) is 5.92 Å². The topological polar surface area (TPSA) is 38.5 Å². The maximum Gasteiger partial charge on any atom is 0.0589 e. The van der Waals surface area contributed by atoms with Crippen LogP contribution in [0.5, 0.6) is 0 Å². The summed E-state index contributed by atoms with van der Waals surface area (Å²) >= 11 is 0. The van der Waals surface area contributed by atoms with Gasteiger partial charge in [-0.3, -0.25) is 4.90 Å². The first-order valence-corrected chi connectivity index (χ1v) is 7.65. The fourth-order valence-corrected chi connectivity index (χ4v) is 3.03. The molecule has 0 aromatic carbocycles. The molecule has 0 aromatic heterocycles. The van der Waals surface area contributed by atoms with E-state index >= 15 is 0 Å². The molecule has 1 saturated carbocycles. The van der Waals surface area contributed by atoms with Gasteiger partial charge in [0.2, 0.25) is 0 Å². The van der Waals surface area contributed by atoms with Crippen LogP contribution in [0.15, 0.2) is 0 Å². The van der Waals surface area contributed by atoms with Crippen LogP contribution >= 0.6 is 0 Å². The van der Waals surface area contributed by atoms with Crippen molar-refractivity contribution in [2.45, 2.75) is 71.0 Å². The Balaban J connectivity index is 2.63. The van der Waals surface area contributed by atoms with E-state index < -0.39 is 0 Å². The Morgan fingerprint density at radius 3 is 2.44 bits per heavy atom. The van der Waals surface area contributed by atoms with E-state index in [-0.39, 0.29) is 0 Å². The lowest BCUT2D eigenvalue weighted by molar-refractivity contribution is 0.0666. The smallest absolute Gasteiger partial charge is 0.0589 e. The van der Waals surface area contributed by atoms with Gasteiger partial charge in [0.05, 0.1) is 6.61 Å². The number of methoxy groups -OCH3 is 1. The number of rotatable bonds is 10. The number of hydrogen-bond donors (Lipinski definition) is 1. The minimum absolute atomic E-state index is 0.304. The Kier molecular flexibility index (Phi) is 7.20. The van der Waals surface area contributed by atoms with Crippen LogP contribution in [-0.2, 0) is 4.74 Å². The number of nitrogens with zero attached hydrogens (tertiary/aromatic N) is 1. The maximum absolute atomic E-state index is 6.39. The monoisotopic (exact) mass is 256 g/mol. The van der Waals surface area contributed by atoms with E-state index in [2.05, 4.69) is 25.7 Å². The van der Waals surface area contributed by atoms with E-state index in [0.29, 0.717) is 18.1 Å². The van der Waals surface area contributed by atoms with Crippen LogP contribution in [-0.4, -0.2) is 43.3 Å². The molecule has 0 aromatic rings. The van der Waals surface area contributed by atoms with E-state index in [4.69, 9.17) is 10.5 Å². The molecule has 1 rings (SSSR count). The lowest BCUT2D eigenvalue weighted by Gasteiger charge is -2.39. The molecule has 0 amide bonds. The Morgan fingerprint density at radius 2 is 2.00 bits per heavy atom. The van der Waals surface area contributed by atoms with Gasteiger partial charge in [0.15, 0.2) is 0 Å². The minimum atomic E-state index is 0.304. The van der Waals surface area contributed by atoms with Gasteiger partial charge in [-0.1, -0.05) is 20.3 Å². The van der Waals surface area contributed by atoms with Gasteiger partial charge in [0.1, 0.15) is 0 Å². The van der Waals surface area contributed by atoms with Crippen molar-refractivity contribution in [3.8, 4) is 0 Å². The van der Waals surface area contributed by atoms with Crippen molar-refractivity contribution in [3.05, 3.63) is 0 Å². The third kappa shape index (κ3) is 4.52. The lowest BCUT2D eigenvalue weighted by atomic mass is 9.97. The van der Waals surface area contributed by atoms with Crippen LogP contribution in [0.4, 0.5) is 0 Å². The molecule has 1 fully saturated rings. The highest BCUT2D eigenvalue weighted by Crippen LogP contribution is 2.36. The van der Waals surface area contributed by atoms with Gasteiger partial charge in [-0.25, -0.2) is 0 Å².